The lowest BCUT2D eigenvalue weighted by Gasteiger charge is -2.11. The van der Waals surface area contributed by atoms with Crippen molar-refractivity contribution in [2.75, 3.05) is 6.54 Å². The summed E-state index contributed by atoms with van der Waals surface area (Å²) in [7, 11) is -3.82. The van der Waals surface area contributed by atoms with E-state index < -0.39 is 10.0 Å². The SMILES string of the molecule is Cc1cc(C(=O)NCC2CC2C)cc(S(N)(=O)=O)c1C. The van der Waals surface area contributed by atoms with E-state index in [2.05, 4.69) is 12.2 Å². The number of primary sulfonamides is 1. The van der Waals surface area contributed by atoms with Crippen LogP contribution < -0.4 is 10.5 Å². The van der Waals surface area contributed by atoms with Gasteiger partial charge in [-0.05, 0) is 55.4 Å². The summed E-state index contributed by atoms with van der Waals surface area (Å²) in [5.41, 5.74) is 1.66. The summed E-state index contributed by atoms with van der Waals surface area (Å²) in [6, 6.07) is 3.04. The van der Waals surface area contributed by atoms with Crippen molar-refractivity contribution in [1.82, 2.24) is 5.32 Å². The van der Waals surface area contributed by atoms with Gasteiger partial charge in [0.05, 0.1) is 4.90 Å². The monoisotopic (exact) mass is 296 g/mol. The van der Waals surface area contributed by atoms with E-state index >= 15 is 0 Å². The van der Waals surface area contributed by atoms with Crippen LogP contribution in [0.15, 0.2) is 17.0 Å². The molecule has 1 aromatic carbocycles. The Hall–Kier alpha value is -1.40. The summed E-state index contributed by atoms with van der Waals surface area (Å²) in [6.07, 6.45) is 1.13. The first-order chi connectivity index (χ1) is 9.20. The zero-order valence-corrected chi connectivity index (χ0v) is 12.8. The van der Waals surface area contributed by atoms with Crippen LogP contribution in [0.3, 0.4) is 0 Å². The first-order valence-corrected chi connectivity index (χ1v) is 8.17. The first-order valence-electron chi connectivity index (χ1n) is 6.62. The number of carbonyl (C=O) groups excluding carboxylic acids is 1. The Labute approximate surface area is 119 Å². The maximum absolute atomic E-state index is 12.1. The van der Waals surface area contributed by atoms with Crippen LogP contribution in [0, 0.1) is 25.7 Å². The Kier molecular flexibility index (Phi) is 3.88. The molecule has 110 valence electrons. The summed E-state index contributed by atoms with van der Waals surface area (Å²) in [6.45, 7) is 6.23. The van der Waals surface area contributed by atoms with Gasteiger partial charge in [-0.1, -0.05) is 6.92 Å². The van der Waals surface area contributed by atoms with E-state index in [4.69, 9.17) is 5.14 Å². The summed E-state index contributed by atoms with van der Waals surface area (Å²) >= 11 is 0. The number of nitrogens with two attached hydrogens (primary N) is 1. The zero-order chi connectivity index (χ0) is 15.1. The fourth-order valence-electron chi connectivity index (χ4n) is 2.26. The molecule has 0 radical (unpaired) electrons. The van der Waals surface area contributed by atoms with E-state index in [-0.39, 0.29) is 10.8 Å². The van der Waals surface area contributed by atoms with Crippen molar-refractivity contribution in [3.05, 3.63) is 28.8 Å². The van der Waals surface area contributed by atoms with Gasteiger partial charge in [0.2, 0.25) is 10.0 Å². The average molecular weight is 296 g/mol. The predicted octanol–water partition coefficient (Wildman–Crippen LogP) is 1.34. The summed E-state index contributed by atoms with van der Waals surface area (Å²) in [5.74, 6) is 0.954. The molecule has 2 unspecified atom stereocenters. The van der Waals surface area contributed by atoms with E-state index in [0.29, 0.717) is 29.5 Å². The van der Waals surface area contributed by atoms with Crippen molar-refractivity contribution in [3.8, 4) is 0 Å². The van der Waals surface area contributed by atoms with Crippen molar-refractivity contribution >= 4 is 15.9 Å². The predicted molar refractivity (Wildman–Crippen MR) is 76.9 cm³/mol. The van der Waals surface area contributed by atoms with Gasteiger partial charge in [0.25, 0.3) is 5.91 Å². The van der Waals surface area contributed by atoms with E-state index in [9.17, 15) is 13.2 Å². The number of benzene rings is 1. The van der Waals surface area contributed by atoms with Crippen LogP contribution in [0.4, 0.5) is 0 Å². The standard InChI is InChI=1S/C14H20N2O3S/c1-8-4-11(6-13(10(8)3)20(15,18)19)14(17)16-7-12-5-9(12)2/h4,6,9,12H,5,7H2,1-3H3,(H,16,17)(H2,15,18,19). The van der Waals surface area contributed by atoms with Gasteiger partial charge in [-0.15, -0.1) is 0 Å². The molecule has 20 heavy (non-hydrogen) atoms. The van der Waals surface area contributed by atoms with Crippen LogP contribution >= 0.6 is 0 Å². The molecule has 0 spiro atoms. The van der Waals surface area contributed by atoms with Gasteiger partial charge in [0.15, 0.2) is 0 Å². The molecule has 1 aromatic rings. The van der Waals surface area contributed by atoms with Gasteiger partial charge < -0.3 is 5.32 Å². The molecule has 0 aliphatic heterocycles. The lowest BCUT2D eigenvalue weighted by Crippen LogP contribution is -2.26. The molecule has 1 aliphatic rings. The number of nitrogens with one attached hydrogen (secondary N) is 1. The van der Waals surface area contributed by atoms with Crippen molar-refractivity contribution in [1.29, 1.82) is 0 Å². The molecular weight excluding hydrogens is 276 g/mol. The zero-order valence-electron chi connectivity index (χ0n) is 11.9. The molecule has 1 saturated carbocycles. The van der Waals surface area contributed by atoms with Crippen molar-refractivity contribution < 1.29 is 13.2 Å². The average Bonchev–Trinajstić information content (AvgIpc) is 3.04. The summed E-state index contributed by atoms with van der Waals surface area (Å²) in [5, 5.41) is 8.03. The van der Waals surface area contributed by atoms with Gasteiger partial charge in [0.1, 0.15) is 0 Å². The van der Waals surface area contributed by atoms with E-state index in [1.807, 2.05) is 0 Å². The van der Waals surface area contributed by atoms with Crippen molar-refractivity contribution in [3.63, 3.8) is 0 Å². The molecule has 6 heteroatoms. The molecule has 1 fully saturated rings. The number of carbonyl (C=O) groups is 1. The third-order valence-corrected chi connectivity index (χ3v) is 5.03. The van der Waals surface area contributed by atoms with E-state index in [0.717, 1.165) is 12.0 Å². The first kappa shape index (κ1) is 15.0. The molecule has 0 bridgehead atoms. The molecule has 2 rings (SSSR count). The smallest absolute Gasteiger partial charge is 0.251 e. The number of aryl methyl sites for hydroxylation is 1. The van der Waals surface area contributed by atoms with Crippen LogP contribution in [0.2, 0.25) is 0 Å². The molecule has 3 N–H and O–H groups in total. The van der Waals surface area contributed by atoms with Gasteiger partial charge in [0, 0.05) is 12.1 Å². The maximum Gasteiger partial charge on any atom is 0.251 e. The third-order valence-electron chi connectivity index (χ3n) is 3.99. The molecule has 0 saturated heterocycles. The van der Waals surface area contributed by atoms with Crippen LogP contribution in [-0.2, 0) is 10.0 Å². The largest absolute Gasteiger partial charge is 0.352 e. The normalized spacial score (nSPS) is 21.6. The highest BCUT2D eigenvalue weighted by Gasteiger charge is 2.32. The molecule has 5 nitrogen and oxygen atoms in total. The fraction of sp³-hybridized carbons (Fsp3) is 0.500. The van der Waals surface area contributed by atoms with Gasteiger partial charge in [-0.3, -0.25) is 4.79 Å². The second-order valence-corrected chi connectivity index (χ2v) is 7.17. The quantitative estimate of drug-likeness (QED) is 0.878. The maximum atomic E-state index is 12.1. The number of amides is 1. The summed E-state index contributed by atoms with van der Waals surface area (Å²) < 4.78 is 23.1. The molecule has 0 aromatic heterocycles. The highest BCUT2D eigenvalue weighted by Crippen LogP contribution is 2.36. The Morgan fingerprint density at radius 3 is 2.50 bits per heavy atom. The molecule has 1 amide bonds. The molecular formula is C14H20N2O3S. The number of rotatable bonds is 4. The molecule has 1 aliphatic carbocycles. The van der Waals surface area contributed by atoms with Crippen LogP contribution in [0.25, 0.3) is 0 Å². The number of hydrogen-bond donors (Lipinski definition) is 2. The summed E-state index contributed by atoms with van der Waals surface area (Å²) in [4.78, 5) is 12.1. The lowest BCUT2D eigenvalue weighted by atomic mass is 10.1. The minimum absolute atomic E-state index is 0.0161. The number of hydrogen-bond acceptors (Lipinski definition) is 3. The van der Waals surface area contributed by atoms with E-state index in [1.165, 1.54) is 6.07 Å². The Morgan fingerprint density at radius 2 is 2.00 bits per heavy atom. The minimum atomic E-state index is -3.82. The topological polar surface area (TPSA) is 89.3 Å². The van der Waals surface area contributed by atoms with E-state index in [1.54, 1.807) is 19.9 Å². The highest BCUT2D eigenvalue weighted by atomic mass is 32.2. The van der Waals surface area contributed by atoms with Crippen LogP contribution in [0.1, 0.15) is 34.8 Å². The Balaban J connectivity index is 2.23. The Bertz CT molecular complexity index is 653. The van der Waals surface area contributed by atoms with Gasteiger partial charge >= 0.3 is 0 Å². The molecule has 2 atom stereocenters. The second kappa shape index (κ2) is 5.18. The second-order valence-electron chi connectivity index (χ2n) is 5.64. The van der Waals surface area contributed by atoms with Crippen LogP contribution in [-0.4, -0.2) is 20.9 Å². The number of sulfonamides is 1. The van der Waals surface area contributed by atoms with Crippen molar-refractivity contribution in [2.45, 2.75) is 32.1 Å². The fourth-order valence-corrected chi connectivity index (χ4v) is 3.14. The lowest BCUT2D eigenvalue weighted by molar-refractivity contribution is 0.0951. The third kappa shape index (κ3) is 3.19. The Morgan fingerprint density at radius 1 is 1.40 bits per heavy atom. The van der Waals surface area contributed by atoms with Gasteiger partial charge in [-0.2, -0.15) is 0 Å². The highest BCUT2D eigenvalue weighted by molar-refractivity contribution is 7.89. The van der Waals surface area contributed by atoms with Crippen LogP contribution in [0.5, 0.6) is 0 Å². The minimum Gasteiger partial charge on any atom is -0.352 e. The van der Waals surface area contributed by atoms with Gasteiger partial charge in [-0.25, -0.2) is 13.6 Å². The van der Waals surface area contributed by atoms with Crippen molar-refractivity contribution in [2.24, 2.45) is 17.0 Å². The molecule has 0 heterocycles.